The molecule has 0 radical (unpaired) electrons. The first-order valence-corrected chi connectivity index (χ1v) is 6.64. The van der Waals surface area contributed by atoms with Crippen molar-refractivity contribution in [3.05, 3.63) is 12.3 Å². The van der Waals surface area contributed by atoms with Gasteiger partial charge in [0.2, 0.25) is 5.91 Å². The van der Waals surface area contributed by atoms with Crippen LogP contribution in [0.5, 0.6) is 0 Å². The van der Waals surface area contributed by atoms with E-state index in [1.54, 1.807) is 7.05 Å². The second-order valence-electron chi connectivity index (χ2n) is 3.04. The van der Waals surface area contributed by atoms with Crippen molar-refractivity contribution in [2.45, 2.75) is 19.1 Å². The standard InChI is InChI=1S/C7H15NOSi/c1-5-10(3,4)6-7(9)8-2/h5H,1,6H2,2-4H3,(H,8,9). The Hall–Kier alpha value is -0.573. The monoisotopic (exact) mass is 157 g/mol. The van der Waals surface area contributed by atoms with Gasteiger partial charge in [-0.25, -0.2) is 0 Å². The summed E-state index contributed by atoms with van der Waals surface area (Å²) in [5, 5.41) is 2.60. The number of hydrogen-bond acceptors (Lipinski definition) is 1. The molecule has 0 heterocycles. The molecular formula is C7H15NOSi. The smallest absolute Gasteiger partial charge is 0.217 e. The molecule has 1 amide bonds. The quantitative estimate of drug-likeness (QED) is 0.612. The van der Waals surface area contributed by atoms with E-state index in [2.05, 4.69) is 25.0 Å². The molecule has 0 atom stereocenters. The highest BCUT2D eigenvalue weighted by atomic mass is 28.3. The van der Waals surface area contributed by atoms with Gasteiger partial charge >= 0.3 is 0 Å². The van der Waals surface area contributed by atoms with E-state index in [1.807, 2.05) is 5.70 Å². The van der Waals surface area contributed by atoms with Crippen molar-refractivity contribution in [2.75, 3.05) is 7.05 Å². The average Bonchev–Trinajstić information content (AvgIpc) is 1.87. The predicted molar refractivity (Wildman–Crippen MR) is 46.6 cm³/mol. The van der Waals surface area contributed by atoms with Crippen molar-refractivity contribution in [3.63, 3.8) is 0 Å². The zero-order valence-corrected chi connectivity index (χ0v) is 7.90. The summed E-state index contributed by atoms with van der Waals surface area (Å²) >= 11 is 0. The van der Waals surface area contributed by atoms with Crippen LogP contribution in [0.15, 0.2) is 12.3 Å². The second kappa shape index (κ2) is 3.56. The van der Waals surface area contributed by atoms with E-state index in [-0.39, 0.29) is 5.91 Å². The van der Waals surface area contributed by atoms with E-state index >= 15 is 0 Å². The van der Waals surface area contributed by atoms with Gasteiger partial charge in [-0.15, -0.1) is 12.3 Å². The lowest BCUT2D eigenvalue weighted by Crippen LogP contribution is -2.31. The van der Waals surface area contributed by atoms with Crippen LogP contribution in [0, 0.1) is 0 Å². The van der Waals surface area contributed by atoms with Crippen LogP contribution in [0.4, 0.5) is 0 Å². The molecule has 0 aromatic rings. The fourth-order valence-electron chi connectivity index (χ4n) is 0.574. The maximum absolute atomic E-state index is 10.9. The third kappa shape index (κ3) is 3.45. The van der Waals surface area contributed by atoms with E-state index in [4.69, 9.17) is 0 Å². The Morgan fingerprint density at radius 1 is 1.70 bits per heavy atom. The van der Waals surface area contributed by atoms with Gasteiger partial charge in [0, 0.05) is 13.1 Å². The average molecular weight is 157 g/mol. The van der Waals surface area contributed by atoms with Crippen LogP contribution in [-0.4, -0.2) is 21.0 Å². The molecule has 0 aliphatic rings. The summed E-state index contributed by atoms with van der Waals surface area (Å²) in [7, 11) is 0.253. The third-order valence-electron chi connectivity index (χ3n) is 1.45. The van der Waals surface area contributed by atoms with Crippen molar-refractivity contribution < 1.29 is 4.79 Å². The van der Waals surface area contributed by atoms with Gasteiger partial charge in [0.1, 0.15) is 0 Å². The number of carbonyl (C=O) groups excluding carboxylic acids is 1. The maximum Gasteiger partial charge on any atom is 0.217 e. The van der Waals surface area contributed by atoms with Crippen LogP contribution >= 0.6 is 0 Å². The van der Waals surface area contributed by atoms with Gasteiger partial charge in [-0.3, -0.25) is 4.79 Å². The fourth-order valence-corrected chi connectivity index (χ4v) is 1.72. The molecule has 0 rings (SSSR count). The topological polar surface area (TPSA) is 29.1 Å². The van der Waals surface area contributed by atoms with Gasteiger partial charge in [-0.1, -0.05) is 13.1 Å². The van der Waals surface area contributed by atoms with Crippen LogP contribution in [0.2, 0.25) is 19.1 Å². The molecule has 58 valence electrons. The molecule has 0 saturated heterocycles. The zero-order valence-electron chi connectivity index (χ0n) is 6.90. The first kappa shape index (κ1) is 9.43. The molecular weight excluding hydrogens is 142 g/mol. The van der Waals surface area contributed by atoms with Crippen LogP contribution in [-0.2, 0) is 4.79 Å². The summed E-state index contributed by atoms with van der Waals surface area (Å²) in [6.07, 6.45) is 0. The molecule has 0 spiro atoms. The van der Waals surface area contributed by atoms with Gasteiger partial charge in [0.25, 0.3) is 0 Å². The van der Waals surface area contributed by atoms with Crippen LogP contribution in [0.3, 0.4) is 0 Å². The molecule has 2 nitrogen and oxygen atoms in total. The number of nitrogens with one attached hydrogen (secondary N) is 1. The molecule has 0 fully saturated rings. The first-order valence-electron chi connectivity index (χ1n) is 3.36. The fraction of sp³-hybridized carbons (Fsp3) is 0.571. The Kier molecular flexibility index (Phi) is 3.36. The Morgan fingerprint density at radius 2 is 2.20 bits per heavy atom. The minimum absolute atomic E-state index is 0.122. The van der Waals surface area contributed by atoms with Crippen molar-refractivity contribution in [2.24, 2.45) is 0 Å². The van der Waals surface area contributed by atoms with E-state index in [1.165, 1.54) is 0 Å². The number of amides is 1. The molecule has 0 saturated carbocycles. The Balaban J connectivity index is 3.88. The highest BCUT2D eigenvalue weighted by molar-refractivity contribution is 6.84. The molecule has 0 bridgehead atoms. The lowest BCUT2D eigenvalue weighted by Gasteiger charge is -2.14. The van der Waals surface area contributed by atoms with Crippen molar-refractivity contribution in [1.82, 2.24) is 5.32 Å². The van der Waals surface area contributed by atoms with Crippen LogP contribution in [0.1, 0.15) is 0 Å². The molecule has 0 aromatic heterocycles. The number of hydrogen-bond donors (Lipinski definition) is 1. The van der Waals surface area contributed by atoms with Gasteiger partial charge in [0.05, 0.1) is 8.07 Å². The maximum atomic E-state index is 10.9. The predicted octanol–water partition coefficient (Wildman–Crippen LogP) is 1.17. The lowest BCUT2D eigenvalue weighted by atomic mass is 10.7. The molecule has 0 aliphatic carbocycles. The van der Waals surface area contributed by atoms with Crippen molar-refractivity contribution >= 4 is 14.0 Å². The Labute approximate surface area is 63.3 Å². The molecule has 3 heteroatoms. The summed E-state index contributed by atoms with van der Waals surface area (Å²) in [6.45, 7) is 7.94. The first-order chi connectivity index (χ1) is 4.52. The van der Waals surface area contributed by atoms with E-state index < -0.39 is 8.07 Å². The summed E-state index contributed by atoms with van der Waals surface area (Å²) in [4.78, 5) is 10.9. The molecule has 1 N–H and O–H groups in total. The molecule has 0 aromatic carbocycles. The summed E-state index contributed by atoms with van der Waals surface area (Å²) in [5.41, 5.74) is 1.93. The summed E-state index contributed by atoms with van der Waals surface area (Å²) in [5.74, 6) is 0.122. The molecule has 0 unspecified atom stereocenters. The number of carbonyl (C=O) groups is 1. The normalized spacial score (nSPS) is 10.7. The van der Waals surface area contributed by atoms with E-state index in [0.29, 0.717) is 6.04 Å². The highest BCUT2D eigenvalue weighted by Gasteiger charge is 2.19. The second-order valence-corrected chi connectivity index (χ2v) is 7.78. The van der Waals surface area contributed by atoms with E-state index in [0.717, 1.165) is 0 Å². The third-order valence-corrected chi connectivity index (χ3v) is 3.79. The zero-order chi connectivity index (χ0) is 8.20. The Morgan fingerprint density at radius 3 is 2.50 bits per heavy atom. The van der Waals surface area contributed by atoms with Crippen LogP contribution < -0.4 is 5.32 Å². The van der Waals surface area contributed by atoms with Crippen LogP contribution in [0.25, 0.3) is 0 Å². The largest absolute Gasteiger partial charge is 0.359 e. The Bertz CT molecular complexity index is 143. The minimum Gasteiger partial charge on any atom is -0.359 e. The molecule has 0 aliphatic heterocycles. The van der Waals surface area contributed by atoms with Crippen molar-refractivity contribution in [3.8, 4) is 0 Å². The summed E-state index contributed by atoms with van der Waals surface area (Å²) in [6, 6.07) is 0.646. The number of rotatable bonds is 3. The van der Waals surface area contributed by atoms with Gasteiger partial charge in [-0.05, 0) is 0 Å². The van der Waals surface area contributed by atoms with Gasteiger partial charge in [-0.2, -0.15) is 0 Å². The summed E-state index contributed by atoms with van der Waals surface area (Å²) < 4.78 is 0. The lowest BCUT2D eigenvalue weighted by molar-refractivity contribution is -0.118. The van der Waals surface area contributed by atoms with Gasteiger partial charge in [0.15, 0.2) is 0 Å². The SMILES string of the molecule is C=C[Si](C)(C)CC(=O)NC. The van der Waals surface area contributed by atoms with Gasteiger partial charge < -0.3 is 5.32 Å². The van der Waals surface area contributed by atoms with Crippen molar-refractivity contribution in [1.29, 1.82) is 0 Å². The minimum atomic E-state index is -1.41. The van der Waals surface area contributed by atoms with E-state index in [9.17, 15) is 4.79 Å². The highest BCUT2D eigenvalue weighted by Crippen LogP contribution is 2.08. The molecule has 10 heavy (non-hydrogen) atoms.